The van der Waals surface area contributed by atoms with Crippen LogP contribution in [-0.4, -0.2) is 119 Å². The van der Waals surface area contributed by atoms with Crippen molar-refractivity contribution in [1.82, 2.24) is 48.9 Å². The fourth-order valence-electron chi connectivity index (χ4n) is 7.29. The van der Waals surface area contributed by atoms with E-state index in [2.05, 4.69) is 26.1 Å². The van der Waals surface area contributed by atoms with Crippen LogP contribution in [0, 0.1) is 13.8 Å². The largest absolute Gasteiger partial charge is 0.491 e. The van der Waals surface area contributed by atoms with Crippen LogP contribution in [0.3, 0.4) is 0 Å². The molecule has 0 saturated carbocycles. The number of imidazole rings is 2. The second kappa shape index (κ2) is 18.1. The third-order valence-electron chi connectivity index (χ3n) is 10.1. The van der Waals surface area contributed by atoms with Gasteiger partial charge in [0.1, 0.15) is 46.2 Å². The Morgan fingerprint density at radius 1 is 0.774 bits per heavy atom. The van der Waals surface area contributed by atoms with Gasteiger partial charge < -0.3 is 33.9 Å². The summed E-state index contributed by atoms with van der Waals surface area (Å²) in [6.45, 7) is 8.90. The van der Waals surface area contributed by atoms with E-state index >= 15 is 0 Å². The fraction of sp³-hybridized carbons (Fsp3) is 0.357. The van der Waals surface area contributed by atoms with E-state index in [4.69, 9.17) is 19.4 Å². The number of nitrogens with zero attached hydrogens (tertiary/aromatic N) is 9. The number of hydrogen-bond acceptors (Lipinski definition) is 12. The van der Waals surface area contributed by atoms with Gasteiger partial charge in [-0.1, -0.05) is 12.2 Å². The first-order chi connectivity index (χ1) is 29.8. The van der Waals surface area contributed by atoms with Crippen molar-refractivity contribution >= 4 is 63.9 Å². The number of hydrogen-bond donors (Lipinski definition) is 4. The van der Waals surface area contributed by atoms with Gasteiger partial charge in [0, 0.05) is 50.3 Å². The number of carbonyl (C=O) groups is 5. The molecule has 20 heteroatoms. The predicted octanol–water partition coefficient (Wildman–Crippen LogP) is 3.92. The molecule has 0 saturated heterocycles. The molecule has 2 aromatic carbocycles. The monoisotopic (exact) mass is 848 g/mol. The number of amides is 3. The number of anilines is 2. The molecule has 0 fully saturated rings. The van der Waals surface area contributed by atoms with Crippen LogP contribution in [0.1, 0.15) is 73.3 Å². The van der Waals surface area contributed by atoms with Crippen molar-refractivity contribution in [1.29, 1.82) is 0 Å². The summed E-state index contributed by atoms with van der Waals surface area (Å²) in [4.78, 5) is 76.5. The van der Waals surface area contributed by atoms with Crippen molar-refractivity contribution < 1.29 is 38.6 Å². The molecule has 0 bridgehead atoms. The number of rotatable bonds is 12. The number of carboxylic acids is 1. The molecule has 6 aromatic rings. The van der Waals surface area contributed by atoms with E-state index in [1.54, 1.807) is 75.6 Å². The number of aromatic nitrogens is 8. The van der Waals surface area contributed by atoms with Gasteiger partial charge in [0.2, 0.25) is 11.9 Å². The number of likely N-dealkylation sites (N-methyl/N-ethyl adjacent to an activating group) is 1. The lowest BCUT2D eigenvalue weighted by atomic mass is 10.1. The fourth-order valence-corrected chi connectivity index (χ4v) is 7.29. The van der Waals surface area contributed by atoms with Crippen molar-refractivity contribution in [2.45, 2.75) is 66.3 Å². The van der Waals surface area contributed by atoms with Crippen LogP contribution in [0.25, 0.3) is 22.1 Å². The Morgan fingerprint density at radius 3 is 1.77 bits per heavy atom. The second-order valence-electron chi connectivity index (χ2n) is 15.0. The topological polar surface area (TPSA) is 235 Å². The van der Waals surface area contributed by atoms with Crippen molar-refractivity contribution in [3.05, 3.63) is 82.5 Å². The summed E-state index contributed by atoms with van der Waals surface area (Å²) >= 11 is 0. The Hall–Kier alpha value is -7.35. The molecular formula is C42H48N12O8. The van der Waals surface area contributed by atoms with E-state index in [1.807, 2.05) is 26.0 Å². The minimum Gasteiger partial charge on any atom is -0.491 e. The van der Waals surface area contributed by atoms with Crippen LogP contribution in [0.15, 0.2) is 48.6 Å². The highest BCUT2D eigenvalue weighted by Gasteiger charge is 2.26. The Labute approximate surface area is 355 Å². The highest BCUT2D eigenvalue weighted by molar-refractivity contribution is 6.05. The number of nitrogens with one attached hydrogen (secondary N) is 3. The van der Waals surface area contributed by atoms with Crippen LogP contribution >= 0.6 is 0 Å². The van der Waals surface area contributed by atoms with Crippen LogP contribution in [-0.2, 0) is 31.0 Å². The maximum atomic E-state index is 13.8. The van der Waals surface area contributed by atoms with Gasteiger partial charge in [-0.15, -0.1) is 0 Å². The lowest BCUT2D eigenvalue weighted by molar-refractivity contribution is -0.139. The molecule has 1 aliphatic heterocycles. The van der Waals surface area contributed by atoms with E-state index in [0.717, 1.165) is 0 Å². The number of allylic oxidation sites excluding steroid dienone is 2. The average Bonchev–Trinajstić information content (AvgIpc) is 4.00. The number of benzene rings is 2. The summed E-state index contributed by atoms with van der Waals surface area (Å²) in [6, 6.07) is 8.43. The molecule has 20 nitrogen and oxygen atoms in total. The predicted molar refractivity (Wildman–Crippen MR) is 228 cm³/mol. The van der Waals surface area contributed by atoms with Crippen molar-refractivity contribution in [3.63, 3.8) is 0 Å². The number of carbonyl (C=O) groups excluding carboxylic acids is 4. The van der Waals surface area contributed by atoms with Crippen LogP contribution in [0.2, 0.25) is 0 Å². The highest BCUT2D eigenvalue weighted by Crippen LogP contribution is 2.34. The van der Waals surface area contributed by atoms with Crippen LogP contribution < -0.4 is 25.4 Å². The molecule has 1 aliphatic rings. The zero-order valence-corrected chi connectivity index (χ0v) is 35.3. The lowest BCUT2D eigenvalue weighted by Crippen LogP contribution is -2.46. The van der Waals surface area contributed by atoms with E-state index in [0.29, 0.717) is 82.0 Å². The number of carboxylic acid groups (broad SMARTS) is 1. The first-order valence-corrected chi connectivity index (χ1v) is 20.1. The molecule has 62 heavy (non-hydrogen) atoms. The number of aryl methyl sites for hydroxylation is 4. The summed E-state index contributed by atoms with van der Waals surface area (Å²) in [5.74, 6) is -1.76. The SMILES string of the molecule is CCn1nc(C)cc1C(=O)Nc1nc2cc(C=O)cc3c2n1C/C=C/Cn1c(NC(=O)c2cc(C)nn2CC)nc2cc(C(=O)NC(CN(C)C)C(=O)O)cc(c21)OCCCO3. The van der Waals surface area contributed by atoms with Gasteiger partial charge in [-0.3, -0.25) is 39.2 Å². The maximum Gasteiger partial charge on any atom is 0.327 e. The van der Waals surface area contributed by atoms with Gasteiger partial charge in [0.25, 0.3) is 17.7 Å². The third kappa shape index (κ3) is 8.90. The van der Waals surface area contributed by atoms with Gasteiger partial charge in [-0.2, -0.15) is 10.2 Å². The lowest BCUT2D eigenvalue weighted by Gasteiger charge is -2.19. The molecule has 0 radical (unpaired) electrons. The van der Waals surface area contributed by atoms with E-state index in [1.165, 1.54) is 12.1 Å². The summed E-state index contributed by atoms with van der Waals surface area (Å²) in [7, 11) is 3.41. The Balaban J connectivity index is 1.31. The summed E-state index contributed by atoms with van der Waals surface area (Å²) < 4.78 is 19.4. The first-order valence-electron chi connectivity index (χ1n) is 20.1. The number of aliphatic carboxylic acids is 1. The number of aldehydes is 1. The molecule has 4 aromatic heterocycles. The van der Waals surface area contributed by atoms with Crippen molar-refractivity contribution in [2.24, 2.45) is 0 Å². The quantitative estimate of drug-likeness (QED) is 0.101. The van der Waals surface area contributed by atoms with Gasteiger partial charge in [-0.05, 0) is 78.2 Å². The second-order valence-corrected chi connectivity index (χ2v) is 15.0. The molecule has 7 rings (SSSR count). The minimum atomic E-state index is -1.20. The Bertz CT molecular complexity index is 2740. The summed E-state index contributed by atoms with van der Waals surface area (Å²) in [5.41, 5.74) is 4.16. The molecular weight excluding hydrogens is 801 g/mol. The van der Waals surface area contributed by atoms with Gasteiger partial charge in [-0.25, -0.2) is 14.8 Å². The van der Waals surface area contributed by atoms with E-state index in [-0.39, 0.29) is 56.1 Å². The molecule has 1 unspecified atom stereocenters. The zero-order valence-electron chi connectivity index (χ0n) is 35.3. The summed E-state index contributed by atoms with van der Waals surface area (Å²) in [6.07, 6.45) is 4.72. The normalized spacial score (nSPS) is 14.0. The van der Waals surface area contributed by atoms with Crippen molar-refractivity contribution in [2.75, 3.05) is 44.5 Å². The minimum absolute atomic E-state index is 0.0535. The highest BCUT2D eigenvalue weighted by atomic mass is 16.5. The van der Waals surface area contributed by atoms with Crippen LogP contribution in [0.4, 0.5) is 11.9 Å². The molecule has 3 amide bonds. The molecule has 4 N–H and O–H groups in total. The van der Waals surface area contributed by atoms with Gasteiger partial charge in [0.15, 0.2) is 0 Å². The summed E-state index contributed by atoms with van der Waals surface area (Å²) in [5, 5.41) is 27.1. The first kappa shape index (κ1) is 42.8. The van der Waals surface area contributed by atoms with Gasteiger partial charge >= 0.3 is 5.97 Å². The van der Waals surface area contributed by atoms with Gasteiger partial charge in [0.05, 0.1) is 35.6 Å². The van der Waals surface area contributed by atoms with Crippen molar-refractivity contribution in [3.8, 4) is 11.5 Å². The zero-order chi connectivity index (χ0) is 44.2. The third-order valence-corrected chi connectivity index (χ3v) is 10.1. The van der Waals surface area contributed by atoms with E-state index < -0.39 is 29.7 Å². The molecule has 324 valence electrons. The molecule has 5 heterocycles. The smallest absolute Gasteiger partial charge is 0.327 e. The molecule has 0 spiro atoms. The molecule has 1 atom stereocenters. The average molecular weight is 849 g/mol. The number of ether oxygens (including phenoxy) is 2. The standard InChI is InChI=1S/C42H48N12O8/c1-7-53-31(16-24(3)48-53)38(57)46-41-44-28-18-26(23-55)19-33-35(28)51(41)12-9-10-13-52-36-29(45-42(52)47-39(58)32-17-25(4)49-54(32)8-2)20-27(21-34(36)62-15-11-14-61-33)37(56)43-30(40(59)60)22-50(5)6/h9-10,16-21,23,30H,7-8,11-15,22H2,1-6H3,(H,43,56)(H,59,60)(H,44,46,57)(H,45,47,58)/b10-9+. The Kier molecular flexibility index (Phi) is 12.5. The van der Waals surface area contributed by atoms with E-state index in [9.17, 15) is 29.1 Å². The maximum absolute atomic E-state index is 13.8. The van der Waals surface area contributed by atoms with Crippen LogP contribution in [0.5, 0.6) is 11.5 Å². The molecule has 0 aliphatic carbocycles. The Morgan fingerprint density at radius 2 is 1.29 bits per heavy atom.